The van der Waals surface area contributed by atoms with Gasteiger partial charge in [-0.1, -0.05) is 6.07 Å². The molecule has 4 aromatic rings. The van der Waals surface area contributed by atoms with Gasteiger partial charge in [0.25, 0.3) is 0 Å². The van der Waals surface area contributed by atoms with Crippen LogP contribution in [0.1, 0.15) is 29.4 Å². The number of hydrogen-bond acceptors (Lipinski definition) is 7. The number of hydrogen-bond donors (Lipinski definition) is 3. The SMILES string of the molecule is COc1ccc2c(ccn2CCNC(=O)C[C@H](c2ccc(O)c(OC)c2)c2oc(C)cc(=O)c2O)c1. The van der Waals surface area contributed by atoms with E-state index in [1.54, 1.807) is 26.2 Å². The van der Waals surface area contributed by atoms with Crippen LogP contribution < -0.4 is 20.2 Å². The van der Waals surface area contributed by atoms with Gasteiger partial charge in [0.2, 0.25) is 17.1 Å². The minimum Gasteiger partial charge on any atom is -0.504 e. The molecule has 2 heterocycles. The van der Waals surface area contributed by atoms with E-state index in [0.717, 1.165) is 16.7 Å². The van der Waals surface area contributed by atoms with Crippen molar-refractivity contribution in [3.8, 4) is 23.0 Å². The highest BCUT2D eigenvalue weighted by atomic mass is 16.5. The van der Waals surface area contributed by atoms with Crippen LogP contribution in [0.2, 0.25) is 0 Å². The van der Waals surface area contributed by atoms with Crippen LogP contribution in [0.5, 0.6) is 23.0 Å². The highest BCUT2D eigenvalue weighted by molar-refractivity contribution is 5.82. The number of rotatable bonds is 9. The molecule has 0 aliphatic carbocycles. The molecule has 0 bridgehead atoms. The first-order valence-corrected chi connectivity index (χ1v) is 11.4. The highest BCUT2D eigenvalue weighted by Crippen LogP contribution is 2.37. The molecule has 0 aliphatic rings. The fraction of sp³-hybridized carbons (Fsp3) is 0.259. The van der Waals surface area contributed by atoms with Crippen molar-refractivity contribution in [1.82, 2.24) is 9.88 Å². The second-order valence-corrected chi connectivity index (χ2v) is 8.41. The second-order valence-electron chi connectivity index (χ2n) is 8.41. The van der Waals surface area contributed by atoms with Gasteiger partial charge in [0.05, 0.1) is 20.1 Å². The summed E-state index contributed by atoms with van der Waals surface area (Å²) in [5.41, 5.74) is 0.959. The van der Waals surface area contributed by atoms with Crippen molar-refractivity contribution >= 4 is 16.8 Å². The maximum Gasteiger partial charge on any atom is 0.227 e. The zero-order valence-electron chi connectivity index (χ0n) is 20.3. The number of carbonyl (C=O) groups is 1. The number of ether oxygens (including phenoxy) is 2. The molecule has 1 amide bonds. The van der Waals surface area contributed by atoms with Crippen LogP contribution in [0.4, 0.5) is 0 Å². The molecule has 0 fully saturated rings. The van der Waals surface area contributed by atoms with Crippen molar-refractivity contribution in [3.63, 3.8) is 0 Å². The summed E-state index contributed by atoms with van der Waals surface area (Å²) >= 11 is 0. The molecule has 1 atom stereocenters. The lowest BCUT2D eigenvalue weighted by molar-refractivity contribution is -0.121. The summed E-state index contributed by atoms with van der Waals surface area (Å²) in [4.78, 5) is 25.2. The van der Waals surface area contributed by atoms with Crippen LogP contribution in [-0.4, -0.2) is 41.5 Å². The minimum atomic E-state index is -0.785. The third-order valence-corrected chi connectivity index (χ3v) is 6.04. The van der Waals surface area contributed by atoms with E-state index in [-0.39, 0.29) is 29.6 Å². The van der Waals surface area contributed by atoms with Gasteiger partial charge >= 0.3 is 0 Å². The van der Waals surface area contributed by atoms with Crippen molar-refractivity contribution in [1.29, 1.82) is 0 Å². The topological polar surface area (TPSA) is 123 Å². The van der Waals surface area contributed by atoms with E-state index in [9.17, 15) is 19.8 Å². The monoisotopic (exact) mass is 492 g/mol. The Hall–Kier alpha value is -4.40. The molecule has 9 nitrogen and oxygen atoms in total. The summed E-state index contributed by atoms with van der Waals surface area (Å²) in [5, 5.41) is 24.4. The van der Waals surface area contributed by atoms with E-state index in [1.165, 1.54) is 19.2 Å². The van der Waals surface area contributed by atoms with Gasteiger partial charge in [-0.25, -0.2) is 0 Å². The molecule has 4 rings (SSSR count). The molecule has 2 aromatic carbocycles. The van der Waals surface area contributed by atoms with E-state index in [4.69, 9.17) is 13.9 Å². The van der Waals surface area contributed by atoms with Crippen molar-refractivity contribution in [3.05, 3.63) is 82.0 Å². The fourth-order valence-corrected chi connectivity index (χ4v) is 4.21. The summed E-state index contributed by atoms with van der Waals surface area (Å²) < 4.78 is 18.2. The number of amides is 1. The number of nitrogens with zero attached hydrogens (tertiary/aromatic N) is 1. The number of aryl methyl sites for hydroxylation is 1. The summed E-state index contributed by atoms with van der Waals surface area (Å²) in [6, 6.07) is 13.5. The van der Waals surface area contributed by atoms with Crippen molar-refractivity contribution in [2.24, 2.45) is 0 Å². The van der Waals surface area contributed by atoms with Crippen LogP contribution in [0.3, 0.4) is 0 Å². The second kappa shape index (κ2) is 10.5. The minimum absolute atomic E-state index is 0.0201. The van der Waals surface area contributed by atoms with Gasteiger partial charge in [0, 0.05) is 42.7 Å². The Bertz CT molecular complexity index is 1450. The zero-order valence-corrected chi connectivity index (χ0v) is 20.3. The Morgan fingerprint density at radius 3 is 2.64 bits per heavy atom. The molecular formula is C27H28N2O7. The highest BCUT2D eigenvalue weighted by Gasteiger charge is 2.26. The summed E-state index contributed by atoms with van der Waals surface area (Å²) in [7, 11) is 3.03. The molecule has 0 saturated carbocycles. The average molecular weight is 493 g/mol. The quantitative estimate of drug-likeness (QED) is 0.326. The molecule has 9 heteroatoms. The lowest BCUT2D eigenvalue weighted by Crippen LogP contribution is -2.28. The molecule has 0 radical (unpaired) electrons. The molecular weight excluding hydrogens is 464 g/mol. The smallest absolute Gasteiger partial charge is 0.227 e. The van der Waals surface area contributed by atoms with E-state index < -0.39 is 17.1 Å². The van der Waals surface area contributed by atoms with Gasteiger partial charge < -0.3 is 34.0 Å². The normalized spacial score (nSPS) is 11.9. The van der Waals surface area contributed by atoms with E-state index in [1.807, 2.05) is 35.0 Å². The Morgan fingerprint density at radius 2 is 1.89 bits per heavy atom. The van der Waals surface area contributed by atoms with Crippen molar-refractivity contribution < 1.29 is 28.9 Å². The van der Waals surface area contributed by atoms with Gasteiger partial charge in [-0.05, 0) is 48.9 Å². The molecule has 0 saturated heterocycles. The number of carbonyl (C=O) groups excluding carboxylic acids is 1. The lowest BCUT2D eigenvalue weighted by Gasteiger charge is -2.19. The molecule has 0 aliphatic heterocycles. The Balaban J connectivity index is 1.53. The third kappa shape index (κ3) is 5.14. The van der Waals surface area contributed by atoms with Gasteiger partial charge in [0.15, 0.2) is 17.3 Å². The number of aromatic nitrogens is 1. The third-order valence-electron chi connectivity index (χ3n) is 6.04. The van der Waals surface area contributed by atoms with E-state index in [2.05, 4.69) is 5.32 Å². The predicted octanol–water partition coefficient (Wildman–Crippen LogP) is 3.67. The molecule has 36 heavy (non-hydrogen) atoms. The molecule has 3 N–H and O–H groups in total. The molecule has 2 aromatic heterocycles. The van der Waals surface area contributed by atoms with E-state index >= 15 is 0 Å². The lowest BCUT2D eigenvalue weighted by atomic mass is 9.91. The number of benzene rings is 2. The van der Waals surface area contributed by atoms with Crippen LogP contribution >= 0.6 is 0 Å². The van der Waals surface area contributed by atoms with Gasteiger partial charge in [-0.3, -0.25) is 9.59 Å². The van der Waals surface area contributed by atoms with Crippen LogP contribution in [0, 0.1) is 6.92 Å². The Morgan fingerprint density at radius 1 is 1.08 bits per heavy atom. The molecule has 188 valence electrons. The Kier molecular flexibility index (Phi) is 7.19. The van der Waals surface area contributed by atoms with Crippen LogP contribution in [0.25, 0.3) is 10.9 Å². The number of methoxy groups -OCH3 is 2. The van der Waals surface area contributed by atoms with Crippen molar-refractivity contribution in [2.75, 3.05) is 20.8 Å². The van der Waals surface area contributed by atoms with Crippen LogP contribution in [-0.2, 0) is 11.3 Å². The zero-order chi connectivity index (χ0) is 25.8. The number of phenols is 1. The molecule has 0 unspecified atom stereocenters. The Labute approximate surface area is 207 Å². The summed E-state index contributed by atoms with van der Waals surface area (Å²) in [6.45, 7) is 2.50. The number of phenolic OH excluding ortho intramolecular Hbond substituents is 1. The number of fused-ring (bicyclic) bond motifs is 1. The number of nitrogens with one attached hydrogen (secondary N) is 1. The summed E-state index contributed by atoms with van der Waals surface area (Å²) in [6.07, 6.45) is 1.85. The van der Waals surface area contributed by atoms with Crippen LogP contribution in [0.15, 0.2) is 63.9 Å². The largest absolute Gasteiger partial charge is 0.504 e. The molecule has 0 spiro atoms. The first-order valence-electron chi connectivity index (χ1n) is 11.4. The standard InChI is InChI=1S/C27H28N2O7/c1-16-12-23(31)26(33)27(36-16)20(17-4-7-22(30)24(14-17)35-3)15-25(32)28-9-11-29-10-8-18-13-19(34-2)5-6-21(18)29/h4-8,10,12-14,20,30,33H,9,11,15H2,1-3H3,(H,28,32)/t20-/m1/s1. The van der Waals surface area contributed by atoms with Gasteiger partial charge in [-0.2, -0.15) is 0 Å². The number of aromatic hydroxyl groups is 2. The first kappa shape index (κ1) is 24.7. The van der Waals surface area contributed by atoms with Gasteiger partial charge in [-0.15, -0.1) is 0 Å². The first-order chi connectivity index (χ1) is 17.3. The summed E-state index contributed by atoms with van der Waals surface area (Å²) in [5.74, 6) is -0.454. The van der Waals surface area contributed by atoms with Gasteiger partial charge in [0.1, 0.15) is 11.5 Å². The van der Waals surface area contributed by atoms with E-state index in [0.29, 0.717) is 24.4 Å². The maximum absolute atomic E-state index is 13.0. The predicted molar refractivity (Wildman–Crippen MR) is 134 cm³/mol. The average Bonchev–Trinajstić information content (AvgIpc) is 3.27. The van der Waals surface area contributed by atoms with Crippen molar-refractivity contribution in [2.45, 2.75) is 25.8 Å². The fourth-order valence-electron chi connectivity index (χ4n) is 4.21. The maximum atomic E-state index is 13.0.